The molecular weight excluding hydrogens is 409 g/mol. The van der Waals surface area contributed by atoms with Crippen LogP contribution < -0.4 is 14.2 Å². The molecule has 0 aliphatic heterocycles. The first-order valence-corrected chi connectivity index (χ1v) is 9.91. The Morgan fingerprint density at radius 1 is 0.774 bits per heavy atom. The molecule has 0 radical (unpaired) electrons. The van der Waals surface area contributed by atoms with E-state index in [1.807, 2.05) is 53.7 Å². The maximum absolute atomic E-state index is 13.8. The second kappa shape index (κ2) is 8.55. The van der Waals surface area contributed by atoms with Gasteiger partial charge < -0.3 is 14.2 Å². The minimum atomic E-state index is -4.69. The van der Waals surface area contributed by atoms with E-state index in [0.29, 0.717) is 5.56 Å². The van der Waals surface area contributed by atoms with E-state index in [2.05, 4.69) is 9.97 Å². The van der Waals surface area contributed by atoms with E-state index < -0.39 is 17.9 Å². The summed E-state index contributed by atoms with van der Waals surface area (Å²) in [5.41, 5.74) is 0.748. The van der Waals surface area contributed by atoms with Crippen LogP contribution in [0.3, 0.4) is 0 Å². The van der Waals surface area contributed by atoms with Crippen LogP contribution in [-0.4, -0.2) is 31.3 Å². The zero-order valence-electron chi connectivity index (χ0n) is 19.6. The Hall–Kier alpha value is -2.51. The average molecular weight is 441 g/mol. The standard InChI is InChI=1S/C23H31F3N2O3/c1-21(2,3)15-11-13(12-16(17(15)29-7)22(4,5)6)10-14-18(23(24,25)26)27-20(31-9)28-19(14)30-8/h11-12H,10H2,1-9H3. The summed E-state index contributed by atoms with van der Waals surface area (Å²) in [6, 6.07) is 3.38. The van der Waals surface area contributed by atoms with Crippen LogP contribution in [0.25, 0.3) is 0 Å². The SMILES string of the molecule is COc1nc(OC)c(Cc2cc(C(C)(C)C)c(OC)c(C(C)(C)C)c2)c(C(F)(F)F)n1. The number of nitrogens with zero attached hydrogens (tertiary/aromatic N) is 2. The van der Waals surface area contributed by atoms with E-state index in [0.717, 1.165) is 16.9 Å². The molecule has 0 N–H and O–H groups in total. The Morgan fingerprint density at radius 2 is 1.29 bits per heavy atom. The Kier molecular flexibility index (Phi) is 6.83. The van der Waals surface area contributed by atoms with Crippen molar-refractivity contribution in [2.24, 2.45) is 0 Å². The molecule has 0 saturated heterocycles. The number of benzene rings is 1. The first-order valence-electron chi connectivity index (χ1n) is 9.91. The first-order chi connectivity index (χ1) is 14.1. The minimum absolute atomic E-state index is 0.0574. The predicted octanol–water partition coefficient (Wildman–Crippen LogP) is 5.71. The van der Waals surface area contributed by atoms with Gasteiger partial charge in [0.1, 0.15) is 5.75 Å². The number of hydrogen-bond donors (Lipinski definition) is 0. The van der Waals surface area contributed by atoms with Gasteiger partial charge in [-0.3, -0.25) is 0 Å². The zero-order chi connectivity index (χ0) is 23.8. The van der Waals surface area contributed by atoms with Crippen LogP contribution in [0.5, 0.6) is 17.6 Å². The first kappa shape index (κ1) is 24.8. The number of halogens is 3. The second-order valence-electron chi connectivity index (χ2n) is 9.45. The molecule has 0 aliphatic rings. The lowest BCUT2D eigenvalue weighted by atomic mass is 9.78. The summed E-state index contributed by atoms with van der Waals surface area (Å²) in [7, 11) is 4.10. The van der Waals surface area contributed by atoms with E-state index >= 15 is 0 Å². The summed E-state index contributed by atoms with van der Waals surface area (Å²) in [6.45, 7) is 12.2. The largest absolute Gasteiger partial charge is 0.496 e. The van der Waals surface area contributed by atoms with Gasteiger partial charge in [-0.05, 0) is 16.4 Å². The molecule has 0 aliphatic carbocycles. The summed E-state index contributed by atoms with van der Waals surface area (Å²) in [6.07, 6.45) is -4.75. The Morgan fingerprint density at radius 3 is 1.65 bits per heavy atom. The molecule has 0 saturated carbocycles. The smallest absolute Gasteiger partial charge is 0.434 e. The van der Waals surface area contributed by atoms with Crippen LogP contribution in [-0.2, 0) is 23.4 Å². The normalized spacial score (nSPS) is 12.6. The van der Waals surface area contributed by atoms with Gasteiger partial charge in [0.25, 0.3) is 0 Å². The van der Waals surface area contributed by atoms with Crippen molar-refractivity contribution in [2.75, 3.05) is 21.3 Å². The summed E-state index contributed by atoms with van der Waals surface area (Å²) in [4.78, 5) is 7.56. The molecule has 31 heavy (non-hydrogen) atoms. The Labute approximate surface area is 182 Å². The third-order valence-corrected chi connectivity index (χ3v) is 4.94. The molecule has 1 heterocycles. The van der Waals surface area contributed by atoms with E-state index in [1.54, 1.807) is 7.11 Å². The highest BCUT2D eigenvalue weighted by Crippen LogP contribution is 2.42. The van der Waals surface area contributed by atoms with Crippen LogP contribution in [0.4, 0.5) is 13.2 Å². The number of methoxy groups -OCH3 is 3. The van der Waals surface area contributed by atoms with E-state index in [4.69, 9.17) is 14.2 Å². The molecule has 0 fully saturated rings. The van der Waals surface area contributed by atoms with E-state index in [1.165, 1.54) is 14.2 Å². The fourth-order valence-corrected chi connectivity index (χ4v) is 3.43. The van der Waals surface area contributed by atoms with Gasteiger partial charge in [-0.1, -0.05) is 53.7 Å². The molecule has 0 amide bonds. The Balaban J connectivity index is 2.80. The molecular formula is C23H31F3N2O3. The summed E-state index contributed by atoms with van der Waals surface area (Å²) >= 11 is 0. The van der Waals surface area contributed by atoms with Gasteiger partial charge >= 0.3 is 12.2 Å². The molecule has 2 aromatic rings. The average Bonchev–Trinajstić information content (AvgIpc) is 2.65. The molecule has 1 aromatic carbocycles. The summed E-state index contributed by atoms with van der Waals surface area (Å²) in [5.74, 6) is 0.586. The lowest BCUT2D eigenvalue weighted by Crippen LogP contribution is -2.20. The third-order valence-electron chi connectivity index (χ3n) is 4.94. The molecule has 5 nitrogen and oxygen atoms in total. The highest BCUT2D eigenvalue weighted by molar-refractivity contribution is 5.52. The van der Waals surface area contributed by atoms with Gasteiger partial charge in [0, 0.05) is 23.1 Å². The summed E-state index contributed by atoms with van der Waals surface area (Å²) in [5, 5.41) is 0. The second-order valence-corrected chi connectivity index (χ2v) is 9.45. The molecule has 0 spiro atoms. The van der Waals surface area contributed by atoms with Crippen molar-refractivity contribution in [1.29, 1.82) is 0 Å². The molecule has 0 bridgehead atoms. The van der Waals surface area contributed by atoms with Gasteiger partial charge in [-0.15, -0.1) is 0 Å². The fraction of sp³-hybridized carbons (Fsp3) is 0.565. The van der Waals surface area contributed by atoms with Gasteiger partial charge in [-0.25, -0.2) is 0 Å². The molecule has 0 unspecified atom stereocenters. The van der Waals surface area contributed by atoms with Crippen LogP contribution in [0.15, 0.2) is 12.1 Å². The van der Waals surface area contributed by atoms with E-state index in [-0.39, 0.29) is 28.7 Å². The third kappa shape index (κ3) is 5.40. The van der Waals surface area contributed by atoms with Crippen LogP contribution in [0, 0.1) is 0 Å². The van der Waals surface area contributed by atoms with Gasteiger partial charge in [0.05, 0.1) is 21.3 Å². The maximum atomic E-state index is 13.8. The minimum Gasteiger partial charge on any atom is -0.496 e. The van der Waals surface area contributed by atoms with Crippen LogP contribution in [0.1, 0.15) is 69.5 Å². The number of aromatic nitrogens is 2. The highest BCUT2D eigenvalue weighted by Gasteiger charge is 2.38. The van der Waals surface area contributed by atoms with Gasteiger partial charge in [-0.2, -0.15) is 23.1 Å². The van der Waals surface area contributed by atoms with Gasteiger partial charge in [0.15, 0.2) is 5.69 Å². The lowest BCUT2D eigenvalue weighted by molar-refractivity contribution is -0.142. The zero-order valence-corrected chi connectivity index (χ0v) is 19.6. The number of ether oxygens (including phenoxy) is 3. The van der Waals surface area contributed by atoms with Crippen molar-refractivity contribution in [3.8, 4) is 17.6 Å². The molecule has 8 heteroatoms. The summed E-state index contributed by atoms with van der Waals surface area (Å²) < 4.78 is 57.2. The van der Waals surface area contributed by atoms with Crippen LogP contribution >= 0.6 is 0 Å². The fourth-order valence-electron chi connectivity index (χ4n) is 3.43. The highest BCUT2D eigenvalue weighted by atomic mass is 19.4. The van der Waals surface area contributed by atoms with Crippen molar-refractivity contribution in [1.82, 2.24) is 9.97 Å². The lowest BCUT2D eigenvalue weighted by Gasteiger charge is -2.30. The monoisotopic (exact) mass is 440 g/mol. The van der Waals surface area contributed by atoms with Crippen molar-refractivity contribution in [3.63, 3.8) is 0 Å². The number of rotatable bonds is 5. The maximum Gasteiger partial charge on any atom is 0.434 e. The number of hydrogen-bond acceptors (Lipinski definition) is 5. The Bertz CT molecular complexity index is 908. The molecule has 0 atom stereocenters. The van der Waals surface area contributed by atoms with Crippen molar-refractivity contribution >= 4 is 0 Å². The topological polar surface area (TPSA) is 53.5 Å². The van der Waals surface area contributed by atoms with Crippen molar-refractivity contribution in [2.45, 2.75) is 65.0 Å². The van der Waals surface area contributed by atoms with Crippen molar-refractivity contribution in [3.05, 3.63) is 40.1 Å². The van der Waals surface area contributed by atoms with Crippen LogP contribution in [0.2, 0.25) is 0 Å². The van der Waals surface area contributed by atoms with Crippen molar-refractivity contribution < 1.29 is 27.4 Å². The number of alkyl halides is 3. The van der Waals surface area contributed by atoms with Gasteiger partial charge in [0.2, 0.25) is 5.88 Å². The predicted molar refractivity (Wildman–Crippen MR) is 113 cm³/mol. The molecule has 172 valence electrons. The molecule has 2 rings (SSSR count). The quantitative estimate of drug-likeness (QED) is 0.596. The van der Waals surface area contributed by atoms with E-state index in [9.17, 15) is 13.2 Å². The molecule has 1 aromatic heterocycles.